The molecule has 0 aliphatic carbocycles. The molecule has 0 spiro atoms. The molecule has 2 amide bonds. The van der Waals surface area contributed by atoms with E-state index in [4.69, 9.17) is 9.47 Å². The number of carbonyl (C=O) groups excluding carboxylic acids is 2. The fourth-order valence-corrected chi connectivity index (χ4v) is 6.46. The molecular weight excluding hydrogens is 680 g/mol. The lowest BCUT2D eigenvalue weighted by Crippen LogP contribution is -2.60. The van der Waals surface area contributed by atoms with Crippen molar-refractivity contribution in [1.29, 1.82) is 0 Å². The molecule has 2 aromatic carbocycles. The largest absolute Gasteiger partial charge is 0.394 e. The van der Waals surface area contributed by atoms with Gasteiger partial charge in [-0.25, -0.2) is 0 Å². The van der Waals surface area contributed by atoms with Crippen molar-refractivity contribution < 1.29 is 49.7 Å². The Morgan fingerprint density at radius 1 is 0.755 bits per heavy atom. The van der Waals surface area contributed by atoms with Gasteiger partial charge in [0.15, 0.2) is 6.29 Å². The summed E-state index contributed by atoms with van der Waals surface area (Å²) in [6.45, 7) is 3.25. The van der Waals surface area contributed by atoms with Crippen molar-refractivity contribution in [1.82, 2.24) is 5.32 Å². The van der Waals surface area contributed by atoms with E-state index in [1.165, 1.54) is 37.7 Å². The highest BCUT2D eigenvalue weighted by Gasteiger charge is 2.44. The van der Waals surface area contributed by atoms with E-state index in [-0.39, 0.29) is 24.8 Å². The molecular formula is C41H64N2O10. The first-order valence-electron chi connectivity index (χ1n) is 19.6. The normalized spacial score (nSPS) is 21.8. The molecule has 298 valence electrons. The number of benzene rings is 2. The highest BCUT2D eigenvalue weighted by molar-refractivity contribution is 6.04. The maximum absolute atomic E-state index is 12.9. The van der Waals surface area contributed by atoms with E-state index in [1.54, 1.807) is 0 Å². The maximum Gasteiger partial charge on any atom is 0.255 e. The summed E-state index contributed by atoms with van der Waals surface area (Å²) in [5.41, 5.74) is 3.61. The molecule has 1 saturated heterocycles. The van der Waals surface area contributed by atoms with Crippen molar-refractivity contribution in [2.24, 2.45) is 0 Å². The van der Waals surface area contributed by atoms with Gasteiger partial charge in [-0.2, -0.15) is 0 Å². The average Bonchev–Trinajstić information content (AvgIpc) is 3.16. The molecule has 1 heterocycles. The third-order valence-electron chi connectivity index (χ3n) is 9.91. The van der Waals surface area contributed by atoms with Crippen molar-refractivity contribution >= 4 is 17.5 Å². The first-order valence-corrected chi connectivity index (χ1v) is 19.6. The Bertz CT molecular complexity index is 1310. The van der Waals surface area contributed by atoms with Gasteiger partial charge in [0.25, 0.3) is 5.91 Å². The molecule has 0 bridgehead atoms. The molecule has 8 atom stereocenters. The third-order valence-corrected chi connectivity index (χ3v) is 9.91. The minimum absolute atomic E-state index is 0.154. The second-order valence-corrected chi connectivity index (χ2v) is 14.3. The van der Waals surface area contributed by atoms with Crippen LogP contribution < -0.4 is 10.6 Å². The third kappa shape index (κ3) is 15.4. The smallest absolute Gasteiger partial charge is 0.255 e. The number of aliphatic hydroxyl groups excluding tert-OH is 6. The Kier molecular flexibility index (Phi) is 20.5. The molecule has 12 heteroatoms. The van der Waals surface area contributed by atoms with Crippen LogP contribution in [0, 0.1) is 0 Å². The minimum Gasteiger partial charge on any atom is -0.394 e. The van der Waals surface area contributed by atoms with Crippen LogP contribution in [0.25, 0.3) is 0 Å². The van der Waals surface area contributed by atoms with Gasteiger partial charge in [0.1, 0.15) is 30.5 Å². The maximum atomic E-state index is 12.9. The van der Waals surface area contributed by atoms with Crippen LogP contribution in [0.5, 0.6) is 0 Å². The lowest BCUT2D eigenvalue weighted by atomic mass is 9.99. The summed E-state index contributed by atoms with van der Waals surface area (Å²) in [6.07, 6.45) is 3.50. The second kappa shape index (κ2) is 24.5. The number of rotatable bonds is 25. The van der Waals surface area contributed by atoms with Gasteiger partial charge in [-0.15, -0.1) is 0 Å². The predicted molar refractivity (Wildman–Crippen MR) is 203 cm³/mol. The lowest BCUT2D eigenvalue weighted by molar-refractivity contribution is -0.303. The van der Waals surface area contributed by atoms with Gasteiger partial charge in [0.2, 0.25) is 5.91 Å². The molecule has 2 aromatic rings. The molecule has 1 fully saturated rings. The summed E-state index contributed by atoms with van der Waals surface area (Å²) in [7, 11) is 0. The van der Waals surface area contributed by atoms with E-state index in [0.717, 1.165) is 31.2 Å². The van der Waals surface area contributed by atoms with Crippen LogP contribution in [0.3, 0.4) is 0 Å². The van der Waals surface area contributed by atoms with Gasteiger partial charge in [0, 0.05) is 17.7 Å². The number of hydrogen-bond acceptors (Lipinski definition) is 10. The highest BCUT2D eigenvalue weighted by atomic mass is 16.7. The van der Waals surface area contributed by atoms with E-state index < -0.39 is 55.6 Å². The Labute approximate surface area is 314 Å². The van der Waals surface area contributed by atoms with Crippen LogP contribution in [0.1, 0.15) is 119 Å². The lowest BCUT2D eigenvalue weighted by Gasteiger charge is -2.40. The van der Waals surface area contributed by atoms with E-state index in [2.05, 4.69) is 17.6 Å². The fourth-order valence-electron chi connectivity index (χ4n) is 6.46. The van der Waals surface area contributed by atoms with Crippen LogP contribution >= 0.6 is 0 Å². The zero-order valence-electron chi connectivity index (χ0n) is 31.6. The number of unbranched alkanes of at least 4 members (excludes halogenated alkanes) is 8. The Hall–Kier alpha value is -2.94. The van der Waals surface area contributed by atoms with Crippen molar-refractivity contribution in [2.45, 2.75) is 159 Å². The van der Waals surface area contributed by atoms with Crippen LogP contribution in [0.2, 0.25) is 0 Å². The van der Waals surface area contributed by atoms with Crippen molar-refractivity contribution in [3.8, 4) is 0 Å². The summed E-state index contributed by atoms with van der Waals surface area (Å²) in [4.78, 5) is 25.8. The number of hydrogen-bond donors (Lipinski definition) is 8. The summed E-state index contributed by atoms with van der Waals surface area (Å²) in [5, 5.41) is 67.2. The Morgan fingerprint density at radius 3 is 1.98 bits per heavy atom. The van der Waals surface area contributed by atoms with Gasteiger partial charge < -0.3 is 50.7 Å². The van der Waals surface area contributed by atoms with Gasteiger partial charge in [0.05, 0.1) is 25.4 Å². The topological polar surface area (TPSA) is 198 Å². The number of aryl methyl sites for hydroxylation is 2. The summed E-state index contributed by atoms with van der Waals surface area (Å²) >= 11 is 0. The first-order chi connectivity index (χ1) is 25.6. The average molecular weight is 745 g/mol. The summed E-state index contributed by atoms with van der Waals surface area (Å²) < 4.78 is 11.0. The molecule has 1 aliphatic heterocycles. The molecule has 0 aromatic heterocycles. The zero-order chi connectivity index (χ0) is 38.6. The van der Waals surface area contributed by atoms with Crippen molar-refractivity contribution in [2.75, 3.05) is 18.5 Å². The quantitative estimate of drug-likeness (QED) is 0.0684. The molecule has 0 saturated carbocycles. The number of carbonyl (C=O) groups is 2. The number of anilines is 1. The van der Waals surface area contributed by atoms with Gasteiger partial charge in [-0.3, -0.25) is 9.59 Å². The monoisotopic (exact) mass is 744 g/mol. The summed E-state index contributed by atoms with van der Waals surface area (Å²) in [5.74, 6) is -0.522. The molecule has 8 N–H and O–H groups in total. The molecule has 5 unspecified atom stereocenters. The molecule has 12 nitrogen and oxygen atoms in total. The van der Waals surface area contributed by atoms with Crippen LogP contribution in [0.4, 0.5) is 5.69 Å². The standard InChI is InChI=1S/C41H64N2O10/c1-3-5-7-8-9-11-14-28-18-22-30(23-19-28)40(51)42-31-24-20-29(21-25-31)15-12-13-17-35(46)43-32(36(47)33(45)16-10-6-4-2)27-52-41-39(50)38(49)37(48)34(26-44)53-41/h18-25,32-34,36-39,41,44-45,47-50H,3-17,26-27H2,1-2H3,(H,42,51)(H,43,46)/t32-,33+,34?,36-,37?,38?,39?,41?/m0/s1. The molecule has 0 radical (unpaired) electrons. The van der Waals surface area contributed by atoms with Crippen molar-refractivity contribution in [3.05, 3.63) is 65.2 Å². The van der Waals surface area contributed by atoms with Gasteiger partial charge in [-0.05, 0) is 73.9 Å². The van der Waals surface area contributed by atoms with E-state index in [1.807, 2.05) is 55.5 Å². The molecule has 53 heavy (non-hydrogen) atoms. The van der Waals surface area contributed by atoms with Crippen LogP contribution in [-0.2, 0) is 27.1 Å². The fraction of sp³-hybridized carbons (Fsp3) is 0.659. The van der Waals surface area contributed by atoms with Crippen LogP contribution in [0.15, 0.2) is 48.5 Å². The first kappa shape index (κ1) is 44.5. The van der Waals surface area contributed by atoms with Gasteiger partial charge >= 0.3 is 0 Å². The highest BCUT2D eigenvalue weighted by Crippen LogP contribution is 2.23. The van der Waals surface area contributed by atoms with Gasteiger partial charge in [-0.1, -0.05) is 89.5 Å². The Balaban J connectivity index is 1.44. The SMILES string of the molecule is CCCCCCCCc1ccc(C(=O)Nc2ccc(CCCCC(=O)N[C@@H](COC3OC(CO)C(O)C(O)C3O)[C@H](O)[C@H](O)CCCCC)cc2)cc1. The predicted octanol–water partition coefficient (Wildman–Crippen LogP) is 4.16. The number of nitrogens with one attached hydrogen (secondary N) is 2. The number of ether oxygens (including phenoxy) is 2. The van der Waals surface area contributed by atoms with E-state index >= 15 is 0 Å². The number of aliphatic hydroxyl groups is 6. The summed E-state index contributed by atoms with van der Waals surface area (Å²) in [6, 6.07) is 14.4. The van der Waals surface area contributed by atoms with Crippen molar-refractivity contribution in [3.63, 3.8) is 0 Å². The zero-order valence-corrected chi connectivity index (χ0v) is 31.6. The molecule has 1 aliphatic rings. The number of amides is 2. The van der Waals surface area contributed by atoms with E-state index in [0.29, 0.717) is 43.4 Å². The minimum atomic E-state index is -1.64. The molecule has 3 rings (SSSR count). The Morgan fingerprint density at radius 2 is 1.34 bits per heavy atom. The van der Waals surface area contributed by atoms with E-state index in [9.17, 15) is 40.2 Å². The van der Waals surface area contributed by atoms with Crippen LogP contribution in [-0.4, -0.2) is 105 Å². The second-order valence-electron chi connectivity index (χ2n) is 14.3.